The molecule has 0 unspecified atom stereocenters. The number of aromatic nitrogens is 1. The Hall–Kier alpha value is -3.60. The molecule has 3 aromatic carbocycles. The van der Waals surface area contributed by atoms with Crippen molar-refractivity contribution in [3.63, 3.8) is 0 Å². The molecule has 7 nitrogen and oxygen atoms in total. The average Bonchev–Trinajstić information content (AvgIpc) is 3.35. The molecule has 2 heterocycles. The van der Waals surface area contributed by atoms with Crippen molar-refractivity contribution in [1.82, 2.24) is 15.2 Å². The Morgan fingerprint density at radius 2 is 1.83 bits per heavy atom. The predicted octanol–water partition coefficient (Wildman–Crippen LogP) is 4.24. The summed E-state index contributed by atoms with van der Waals surface area (Å²) in [6.45, 7) is 1.99. The van der Waals surface area contributed by atoms with Crippen molar-refractivity contribution in [2.45, 2.75) is 50.1 Å². The smallest absolute Gasteiger partial charge is 0.227 e. The van der Waals surface area contributed by atoms with Crippen molar-refractivity contribution in [2.24, 2.45) is 0 Å². The van der Waals surface area contributed by atoms with Crippen molar-refractivity contribution < 1.29 is 27.1 Å². The summed E-state index contributed by atoms with van der Waals surface area (Å²) in [4.78, 5) is 18.1. The van der Waals surface area contributed by atoms with Gasteiger partial charge < -0.3 is 20.3 Å². The van der Waals surface area contributed by atoms with E-state index in [1.165, 1.54) is 17.0 Å². The van der Waals surface area contributed by atoms with Crippen molar-refractivity contribution in [3.8, 4) is 0 Å². The molecule has 0 spiro atoms. The molecule has 3 N–H and O–H groups in total. The highest BCUT2D eigenvalue weighted by Crippen LogP contribution is 2.30. The first kappa shape index (κ1) is 29.9. The van der Waals surface area contributed by atoms with Crippen LogP contribution in [0.5, 0.6) is 0 Å². The van der Waals surface area contributed by atoms with Crippen LogP contribution < -0.4 is 5.32 Å². The van der Waals surface area contributed by atoms with Gasteiger partial charge in [-0.15, -0.1) is 0 Å². The molecule has 3 atom stereocenters. The van der Waals surface area contributed by atoms with Gasteiger partial charge in [-0.2, -0.15) is 0 Å². The fourth-order valence-electron chi connectivity index (χ4n) is 5.78. The summed E-state index contributed by atoms with van der Waals surface area (Å²) in [5.74, 6) is -1.93. The number of likely N-dealkylation sites (N-methyl/N-ethyl adjacent to an activating group) is 1. The second-order valence-corrected chi connectivity index (χ2v) is 13.2. The molecule has 42 heavy (non-hydrogen) atoms. The molecule has 0 saturated heterocycles. The van der Waals surface area contributed by atoms with Gasteiger partial charge >= 0.3 is 0 Å². The zero-order valence-electron chi connectivity index (χ0n) is 23.6. The van der Waals surface area contributed by atoms with Gasteiger partial charge in [0.1, 0.15) is 11.6 Å². The normalized spacial score (nSPS) is 17.5. The van der Waals surface area contributed by atoms with E-state index in [0.717, 1.165) is 45.6 Å². The van der Waals surface area contributed by atoms with Crippen LogP contribution in [-0.4, -0.2) is 60.8 Å². The van der Waals surface area contributed by atoms with Crippen molar-refractivity contribution in [1.29, 1.82) is 0 Å². The van der Waals surface area contributed by atoms with Gasteiger partial charge in [0.15, 0.2) is 9.84 Å². The van der Waals surface area contributed by atoms with E-state index < -0.39 is 39.7 Å². The van der Waals surface area contributed by atoms with Gasteiger partial charge in [0.2, 0.25) is 5.91 Å². The minimum atomic E-state index is -3.36. The average molecular weight is 596 g/mol. The van der Waals surface area contributed by atoms with Gasteiger partial charge in [0.05, 0.1) is 30.1 Å². The summed E-state index contributed by atoms with van der Waals surface area (Å²) < 4.78 is 53.4. The Balaban J connectivity index is 1.38. The maximum atomic E-state index is 14.1. The second kappa shape index (κ2) is 12.3. The van der Waals surface area contributed by atoms with Gasteiger partial charge in [-0.1, -0.05) is 43.3 Å². The number of nitrogens with zero attached hydrogens (tertiary/aromatic N) is 1. The van der Waals surface area contributed by atoms with Crippen LogP contribution in [0.2, 0.25) is 0 Å². The van der Waals surface area contributed by atoms with Crippen molar-refractivity contribution in [3.05, 3.63) is 106 Å². The SMILES string of the molecule is CCc1ccc2c(c1)[C@@H](NC[C@@H](O)[C@H](Cc1cc(F)cc(F)c1)N(C)C(=O)Cc1c[nH]c3ccccc13)CS(=O)(=O)C2. The van der Waals surface area contributed by atoms with Gasteiger partial charge in [-0.05, 0) is 58.9 Å². The van der Waals surface area contributed by atoms with E-state index in [1.807, 2.05) is 49.4 Å². The van der Waals surface area contributed by atoms with E-state index in [0.29, 0.717) is 5.56 Å². The summed E-state index contributed by atoms with van der Waals surface area (Å²) in [5, 5.41) is 15.6. The molecule has 1 aromatic heterocycles. The van der Waals surface area contributed by atoms with Gasteiger partial charge in [-0.3, -0.25) is 4.79 Å². The Morgan fingerprint density at radius 1 is 1.10 bits per heavy atom. The zero-order valence-corrected chi connectivity index (χ0v) is 24.4. The number of hydrogen-bond acceptors (Lipinski definition) is 5. The third kappa shape index (κ3) is 6.72. The summed E-state index contributed by atoms with van der Waals surface area (Å²) in [5.41, 5.74) is 4.66. The number of para-hydroxylation sites is 1. The number of aryl methyl sites for hydroxylation is 1. The fourth-order valence-corrected chi connectivity index (χ4v) is 7.44. The molecule has 1 aliphatic rings. The minimum absolute atomic E-state index is 0.00676. The Labute approximate surface area is 244 Å². The molecule has 0 saturated carbocycles. The molecule has 1 aliphatic heterocycles. The number of H-pyrrole nitrogens is 1. The summed E-state index contributed by atoms with van der Waals surface area (Å²) in [6, 6.07) is 15.1. The first-order chi connectivity index (χ1) is 20.0. The first-order valence-corrected chi connectivity index (χ1v) is 15.8. The van der Waals surface area contributed by atoms with Crippen LogP contribution in [0.15, 0.2) is 66.9 Å². The van der Waals surface area contributed by atoms with Crippen LogP contribution in [-0.2, 0) is 39.6 Å². The number of sulfone groups is 1. The van der Waals surface area contributed by atoms with Crippen LogP contribution in [0.3, 0.4) is 0 Å². The number of fused-ring (bicyclic) bond motifs is 2. The number of carbonyl (C=O) groups excluding carboxylic acids is 1. The number of carbonyl (C=O) groups is 1. The Bertz CT molecular complexity index is 1680. The number of rotatable bonds is 10. The number of benzene rings is 3. The number of aliphatic hydroxyl groups is 1. The number of amides is 1. The molecule has 4 aromatic rings. The minimum Gasteiger partial charge on any atom is -0.390 e. The maximum Gasteiger partial charge on any atom is 0.227 e. The lowest BCUT2D eigenvalue weighted by atomic mass is 9.96. The van der Waals surface area contributed by atoms with Crippen LogP contribution in [0.25, 0.3) is 10.9 Å². The molecular formula is C32H35F2N3O4S. The highest BCUT2D eigenvalue weighted by Gasteiger charge is 2.33. The van der Waals surface area contributed by atoms with E-state index in [1.54, 1.807) is 13.2 Å². The lowest BCUT2D eigenvalue weighted by molar-refractivity contribution is -0.133. The van der Waals surface area contributed by atoms with E-state index in [4.69, 9.17) is 0 Å². The number of hydrogen-bond donors (Lipinski definition) is 3. The molecule has 0 bridgehead atoms. The molecule has 0 aliphatic carbocycles. The highest BCUT2D eigenvalue weighted by atomic mass is 32.2. The van der Waals surface area contributed by atoms with E-state index in [9.17, 15) is 27.1 Å². The maximum absolute atomic E-state index is 14.1. The van der Waals surface area contributed by atoms with Crippen LogP contribution in [0, 0.1) is 11.6 Å². The quantitative estimate of drug-likeness (QED) is 0.255. The largest absolute Gasteiger partial charge is 0.390 e. The van der Waals surface area contributed by atoms with Crippen LogP contribution in [0.4, 0.5) is 8.78 Å². The van der Waals surface area contributed by atoms with E-state index in [2.05, 4.69) is 10.3 Å². The fraction of sp³-hybridized carbons (Fsp3) is 0.344. The predicted molar refractivity (Wildman–Crippen MR) is 159 cm³/mol. The van der Waals surface area contributed by atoms with E-state index in [-0.39, 0.29) is 36.8 Å². The topological polar surface area (TPSA) is 102 Å². The van der Waals surface area contributed by atoms with Gasteiger partial charge in [0.25, 0.3) is 0 Å². The first-order valence-electron chi connectivity index (χ1n) is 14.0. The zero-order chi connectivity index (χ0) is 30.0. The standard InChI is InChI=1S/C32H35F2N3O4S/c1-3-20-8-9-22-18-42(40,41)19-29(27(22)12-20)36-17-31(38)30(13-21-10-24(33)15-25(34)11-21)37(2)32(39)14-23-16-35-28-7-5-4-6-26(23)28/h4-12,15-16,29-31,35-36,38H,3,13-14,17-19H2,1-2H3/t29-,30-,31+/m0/s1. The molecule has 5 rings (SSSR count). The monoisotopic (exact) mass is 595 g/mol. The third-order valence-corrected chi connectivity index (χ3v) is 9.67. The number of aromatic amines is 1. The third-order valence-electron chi connectivity index (χ3n) is 8.08. The summed E-state index contributed by atoms with van der Waals surface area (Å²) >= 11 is 0. The number of halogens is 2. The lowest BCUT2D eigenvalue weighted by Crippen LogP contribution is -2.51. The summed E-state index contributed by atoms with van der Waals surface area (Å²) in [6.07, 6.45) is 1.45. The molecule has 0 radical (unpaired) electrons. The lowest BCUT2D eigenvalue weighted by Gasteiger charge is -2.34. The van der Waals surface area contributed by atoms with Gasteiger partial charge in [-0.25, -0.2) is 17.2 Å². The Morgan fingerprint density at radius 3 is 2.57 bits per heavy atom. The van der Waals surface area contributed by atoms with Crippen molar-refractivity contribution >= 4 is 26.6 Å². The molecular weight excluding hydrogens is 560 g/mol. The van der Waals surface area contributed by atoms with E-state index >= 15 is 0 Å². The number of aliphatic hydroxyl groups excluding tert-OH is 1. The summed E-state index contributed by atoms with van der Waals surface area (Å²) in [7, 11) is -1.80. The molecule has 222 valence electrons. The van der Waals surface area contributed by atoms with Crippen LogP contribution in [0.1, 0.15) is 40.8 Å². The molecule has 10 heteroatoms. The molecule has 1 amide bonds. The molecule has 0 fully saturated rings. The second-order valence-electron chi connectivity index (χ2n) is 11.1. The number of nitrogens with one attached hydrogen (secondary N) is 2. The Kier molecular flexibility index (Phi) is 8.77. The van der Waals surface area contributed by atoms with Crippen LogP contribution >= 0.6 is 0 Å². The van der Waals surface area contributed by atoms with Crippen molar-refractivity contribution in [2.75, 3.05) is 19.3 Å². The highest BCUT2D eigenvalue weighted by molar-refractivity contribution is 7.90. The van der Waals surface area contributed by atoms with Gasteiger partial charge in [0, 0.05) is 42.8 Å².